The lowest BCUT2D eigenvalue weighted by atomic mass is 10.3. The molecule has 1 N–H and O–H groups in total. The van der Waals surface area contributed by atoms with Crippen LogP contribution in [0.4, 0.5) is 5.69 Å². The van der Waals surface area contributed by atoms with E-state index in [4.69, 9.17) is 5.21 Å². The average molecular weight is 138 g/mol. The topological polar surface area (TPSA) is 58.7 Å². The number of para-hydroxylation sites is 1. The zero-order valence-corrected chi connectivity index (χ0v) is 5.14. The highest BCUT2D eigenvalue weighted by molar-refractivity contribution is 5.27. The summed E-state index contributed by atoms with van der Waals surface area (Å²) < 4.78 is 0. The lowest BCUT2D eigenvalue weighted by Crippen LogP contribution is -1.88. The minimum Gasteiger partial charge on any atom is -0.592 e. The van der Waals surface area contributed by atoms with Crippen molar-refractivity contribution in [3.8, 4) is 0 Å². The lowest BCUT2D eigenvalue weighted by Gasteiger charge is -1.93. The van der Waals surface area contributed by atoms with Crippen molar-refractivity contribution < 1.29 is 10.1 Å². The first kappa shape index (κ1) is 6.54. The van der Waals surface area contributed by atoms with Gasteiger partial charge in [-0.2, -0.15) is 0 Å². The van der Waals surface area contributed by atoms with Gasteiger partial charge < -0.3 is 10.4 Å². The molecule has 52 valence electrons. The van der Waals surface area contributed by atoms with Crippen LogP contribution >= 0.6 is 0 Å². The molecule has 1 aromatic carbocycles. The Morgan fingerprint density at radius 1 is 1.30 bits per heavy atom. The summed E-state index contributed by atoms with van der Waals surface area (Å²) in [4.78, 5) is 0.139. The largest absolute Gasteiger partial charge is 0.592 e. The molecule has 1 rings (SSSR count). The van der Waals surface area contributed by atoms with Crippen LogP contribution in [0.5, 0.6) is 0 Å². The van der Waals surface area contributed by atoms with E-state index in [1.54, 1.807) is 30.3 Å². The van der Waals surface area contributed by atoms with Gasteiger partial charge in [0.25, 0.3) is 0 Å². The Kier molecular flexibility index (Phi) is 1.84. The molecule has 0 aliphatic heterocycles. The third-order valence-corrected chi connectivity index (χ3v) is 1.06. The number of hydrogen-bond donors (Lipinski definition) is 1. The van der Waals surface area contributed by atoms with Crippen LogP contribution in [0.3, 0.4) is 0 Å². The van der Waals surface area contributed by atoms with E-state index in [0.29, 0.717) is 5.69 Å². The molecule has 0 saturated carbocycles. The van der Waals surface area contributed by atoms with Crippen LogP contribution in [0, 0.1) is 5.21 Å². The van der Waals surface area contributed by atoms with Gasteiger partial charge in [-0.15, -0.1) is 0 Å². The predicted octanol–water partition coefficient (Wildman–Crippen LogP) is 1.67. The van der Waals surface area contributed by atoms with Gasteiger partial charge in [0.15, 0.2) is 0 Å². The summed E-state index contributed by atoms with van der Waals surface area (Å²) in [5.41, 5.74) is 0.310. The quantitative estimate of drug-likeness (QED) is 0.364. The highest BCUT2D eigenvalue weighted by Crippen LogP contribution is 2.08. The van der Waals surface area contributed by atoms with Gasteiger partial charge in [0.2, 0.25) is 11.0 Å². The van der Waals surface area contributed by atoms with Gasteiger partial charge in [0.1, 0.15) is 0 Å². The van der Waals surface area contributed by atoms with Crippen LogP contribution in [-0.2, 0) is 0 Å². The summed E-state index contributed by atoms with van der Waals surface area (Å²) in [7, 11) is 0. The van der Waals surface area contributed by atoms with Crippen molar-refractivity contribution in [2.45, 2.75) is 0 Å². The first-order valence-electron chi connectivity index (χ1n) is 2.72. The second-order valence-electron chi connectivity index (χ2n) is 1.70. The highest BCUT2D eigenvalue weighted by atomic mass is 16.6. The summed E-state index contributed by atoms with van der Waals surface area (Å²) in [6.45, 7) is 0. The van der Waals surface area contributed by atoms with E-state index in [1.165, 1.54) is 0 Å². The van der Waals surface area contributed by atoms with E-state index < -0.39 is 0 Å². The molecule has 10 heavy (non-hydrogen) atoms. The third kappa shape index (κ3) is 1.22. The molecule has 0 spiro atoms. The molecule has 0 bridgehead atoms. The maximum Gasteiger partial charge on any atom is 0.248 e. The minimum atomic E-state index is 0.139. The van der Waals surface area contributed by atoms with Crippen LogP contribution in [-0.4, -0.2) is 10.1 Å². The number of nitrogens with zero attached hydrogens (tertiary/aromatic N) is 2. The van der Waals surface area contributed by atoms with E-state index in [2.05, 4.69) is 5.28 Å². The smallest absolute Gasteiger partial charge is 0.248 e. The summed E-state index contributed by atoms with van der Waals surface area (Å²) in [6.07, 6.45) is 0. The summed E-state index contributed by atoms with van der Waals surface area (Å²) in [6, 6.07) is 8.24. The predicted molar refractivity (Wildman–Crippen MR) is 33.9 cm³/mol. The maximum atomic E-state index is 10.5. The molecule has 0 heterocycles. The Morgan fingerprint density at radius 3 is 2.40 bits per heavy atom. The van der Waals surface area contributed by atoms with Gasteiger partial charge in [-0.25, -0.2) is 0 Å². The van der Waals surface area contributed by atoms with Gasteiger partial charge in [0, 0.05) is 12.1 Å². The third-order valence-electron chi connectivity index (χ3n) is 1.06. The molecule has 0 fully saturated rings. The zero-order valence-electron chi connectivity index (χ0n) is 5.14. The molecule has 4 nitrogen and oxygen atoms in total. The molecule has 0 unspecified atom stereocenters. The Bertz CT molecular complexity index is 233. The standard InChI is InChI=1S/C6H6N2O2/c9-7-8(10)6-4-2-1-3-5-6/h1-5,9H/b8-7-. The Labute approximate surface area is 57.6 Å². The molecular weight excluding hydrogens is 132 g/mol. The van der Waals surface area contributed by atoms with Crippen LogP contribution in [0.25, 0.3) is 0 Å². The van der Waals surface area contributed by atoms with E-state index in [1.807, 2.05) is 0 Å². The Hall–Kier alpha value is -1.58. The molecule has 0 aliphatic rings. The molecule has 0 saturated heterocycles. The first-order valence-corrected chi connectivity index (χ1v) is 2.72. The molecule has 0 radical (unpaired) electrons. The zero-order chi connectivity index (χ0) is 7.40. The van der Waals surface area contributed by atoms with Crippen molar-refractivity contribution in [3.63, 3.8) is 0 Å². The molecule has 4 heteroatoms. The van der Waals surface area contributed by atoms with Gasteiger partial charge >= 0.3 is 0 Å². The normalized spacial score (nSPS) is 11.4. The van der Waals surface area contributed by atoms with Gasteiger partial charge in [0.05, 0.1) is 0 Å². The van der Waals surface area contributed by atoms with Gasteiger partial charge in [-0.05, 0) is 4.86 Å². The number of hydrogen-bond acceptors (Lipinski definition) is 2. The summed E-state index contributed by atoms with van der Waals surface area (Å²) >= 11 is 0. The van der Waals surface area contributed by atoms with E-state index in [-0.39, 0.29) is 4.86 Å². The summed E-state index contributed by atoms with van der Waals surface area (Å²) in [5.74, 6) is 0. The van der Waals surface area contributed by atoms with E-state index >= 15 is 0 Å². The summed E-state index contributed by atoms with van der Waals surface area (Å²) in [5, 5.41) is 21.0. The van der Waals surface area contributed by atoms with Gasteiger partial charge in [-0.3, -0.25) is 0 Å². The minimum absolute atomic E-state index is 0.139. The van der Waals surface area contributed by atoms with Crippen molar-refractivity contribution in [3.05, 3.63) is 35.5 Å². The Morgan fingerprint density at radius 2 is 1.90 bits per heavy atom. The van der Waals surface area contributed by atoms with Crippen LogP contribution in [0.15, 0.2) is 35.6 Å². The number of benzene rings is 1. The van der Waals surface area contributed by atoms with Crippen molar-refractivity contribution in [2.24, 2.45) is 5.28 Å². The fourth-order valence-electron chi connectivity index (χ4n) is 0.607. The van der Waals surface area contributed by atoms with Crippen LogP contribution in [0.2, 0.25) is 0 Å². The SMILES string of the molecule is [O-]/[N+](=N\O)c1ccccc1. The van der Waals surface area contributed by atoms with Crippen LogP contribution in [0.1, 0.15) is 0 Å². The highest BCUT2D eigenvalue weighted by Gasteiger charge is 1.98. The van der Waals surface area contributed by atoms with E-state index in [0.717, 1.165) is 0 Å². The second-order valence-corrected chi connectivity index (χ2v) is 1.70. The molecule has 0 aliphatic carbocycles. The lowest BCUT2D eigenvalue weighted by molar-refractivity contribution is -0.473. The van der Waals surface area contributed by atoms with Crippen molar-refractivity contribution >= 4 is 5.69 Å². The van der Waals surface area contributed by atoms with E-state index in [9.17, 15) is 5.21 Å². The van der Waals surface area contributed by atoms with Crippen molar-refractivity contribution in [1.82, 2.24) is 0 Å². The fourth-order valence-corrected chi connectivity index (χ4v) is 0.607. The maximum absolute atomic E-state index is 10.5. The average Bonchev–Trinajstić information content (AvgIpc) is 2.05. The van der Waals surface area contributed by atoms with Crippen molar-refractivity contribution in [2.75, 3.05) is 0 Å². The second kappa shape index (κ2) is 2.82. The number of rotatable bonds is 1. The fraction of sp³-hybridized carbons (Fsp3) is 0. The molecular formula is C6H6N2O2. The van der Waals surface area contributed by atoms with Gasteiger partial charge in [-0.1, -0.05) is 18.2 Å². The molecule has 0 amide bonds. The molecule has 0 atom stereocenters. The Balaban J connectivity index is 2.96. The molecule has 0 aromatic heterocycles. The monoisotopic (exact) mass is 138 g/mol. The molecule has 1 aromatic rings. The van der Waals surface area contributed by atoms with Crippen LogP contribution < -0.4 is 0 Å². The van der Waals surface area contributed by atoms with Crippen molar-refractivity contribution in [1.29, 1.82) is 0 Å². The first-order chi connectivity index (χ1) is 4.84.